The third-order valence-electron chi connectivity index (χ3n) is 5.58. The van der Waals surface area contributed by atoms with E-state index in [1.54, 1.807) is 6.20 Å². The van der Waals surface area contributed by atoms with Crippen LogP contribution in [0.15, 0.2) is 53.5 Å². The first kappa shape index (κ1) is 22.7. The molecule has 2 aromatic heterocycles. The lowest BCUT2D eigenvalue weighted by atomic mass is 10.1. The van der Waals surface area contributed by atoms with Crippen LogP contribution in [-0.4, -0.2) is 51.1 Å². The molecule has 3 heterocycles. The fourth-order valence-corrected chi connectivity index (χ4v) is 3.95. The number of nitrogens with one attached hydrogen (secondary N) is 2. The SMILES string of the molecule is CCc1cc(=O)[nH]c(-c2ccc(NCc3ccc(C(=O)N4CC(C)OC(C)C4)cc3)nc2)n1. The number of benzene rings is 1. The summed E-state index contributed by atoms with van der Waals surface area (Å²) in [6.45, 7) is 7.74. The summed E-state index contributed by atoms with van der Waals surface area (Å²) in [7, 11) is 0. The van der Waals surface area contributed by atoms with Gasteiger partial charge in [-0.1, -0.05) is 19.1 Å². The highest BCUT2D eigenvalue weighted by molar-refractivity contribution is 5.94. The molecule has 1 saturated heterocycles. The van der Waals surface area contributed by atoms with Gasteiger partial charge in [0.1, 0.15) is 11.6 Å². The molecule has 1 aliphatic rings. The number of hydrogen-bond acceptors (Lipinski definition) is 6. The van der Waals surface area contributed by atoms with Crippen molar-refractivity contribution in [3.63, 3.8) is 0 Å². The van der Waals surface area contributed by atoms with E-state index in [0.29, 0.717) is 43.3 Å². The van der Waals surface area contributed by atoms with Crippen LogP contribution in [0.1, 0.15) is 42.4 Å². The van der Waals surface area contributed by atoms with Crippen LogP contribution in [0.3, 0.4) is 0 Å². The Hall–Kier alpha value is -3.52. The summed E-state index contributed by atoms with van der Waals surface area (Å²) in [6, 6.07) is 12.9. The zero-order valence-electron chi connectivity index (χ0n) is 19.2. The van der Waals surface area contributed by atoms with Crippen LogP contribution in [0.2, 0.25) is 0 Å². The van der Waals surface area contributed by atoms with Gasteiger partial charge in [0, 0.05) is 48.7 Å². The smallest absolute Gasteiger partial charge is 0.254 e. The summed E-state index contributed by atoms with van der Waals surface area (Å²) < 4.78 is 5.72. The number of carbonyl (C=O) groups is 1. The lowest BCUT2D eigenvalue weighted by Crippen LogP contribution is -2.48. The van der Waals surface area contributed by atoms with Gasteiger partial charge in [0.05, 0.1) is 12.2 Å². The minimum atomic E-state index is -0.168. The molecule has 2 unspecified atom stereocenters. The third kappa shape index (κ3) is 5.64. The molecule has 0 spiro atoms. The predicted molar refractivity (Wildman–Crippen MR) is 127 cm³/mol. The molecule has 172 valence electrons. The summed E-state index contributed by atoms with van der Waals surface area (Å²) in [6.07, 6.45) is 2.48. The molecule has 1 amide bonds. The third-order valence-corrected chi connectivity index (χ3v) is 5.58. The van der Waals surface area contributed by atoms with Gasteiger partial charge >= 0.3 is 0 Å². The molecule has 2 atom stereocenters. The van der Waals surface area contributed by atoms with E-state index in [-0.39, 0.29) is 23.7 Å². The van der Waals surface area contributed by atoms with Gasteiger partial charge < -0.3 is 19.9 Å². The standard InChI is InChI=1S/C25H29N5O3/c1-4-21-11-23(31)29-24(28-21)20-9-10-22(27-13-20)26-12-18-5-7-19(8-6-18)25(32)30-14-16(2)33-17(3)15-30/h5-11,13,16-17H,4,12,14-15H2,1-3H3,(H,26,27)(H,28,29,31). The van der Waals surface area contributed by atoms with E-state index in [4.69, 9.17) is 4.74 Å². The fraction of sp³-hybridized carbons (Fsp3) is 0.360. The minimum Gasteiger partial charge on any atom is -0.372 e. The van der Waals surface area contributed by atoms with Crippen molar-refractivity contribution in [1.29, 1.82) is 0 Å². The van der Waals surface area contributed by atoms with Gasteiger partial charge in [-0.15, -0.1) is 0 Å². The van der Waals surface area contributed by atoms with Gasteiger partial charge in [-0.2, -0.15) is 0 Å². The Labute approximate surface area is 193 Å². The lowest BCUT2D eigenvalue weighted by Gasteiger charge is -2.35. The maximum Gasteiger partial charge on any atom is 0.254 e. The molecule has 33 heavy (non-hydrogen) atoms. The second kappa shape index (κ2) is 9.95. The van der Waals surface area contributed by atoms with Crippen LogP contribution >= 0.6 is 0 Å². The van der Waals surface area contributed by atoms with E-state index in [2.05, 4.69) is 20.3 Å². The number of aromatic nitrogens is 3. The molecule has 8 nitrogen and oxygen atoms in total. The molecule has 0 bridgehead atoms. The number of aromatic amines is 1. The predicted octanol–water partition coefficient (Wildman–Crippen LogP) is 3.26. The van der Waals surface area contributed by atoms with Gasteiger partial charge in [0.2, 0.25) is 0 Å². The first-order valence-corrected chi connectivity index (χ1v) is 11.3. The zero-order chi connectivity index (χ0) is 23.4. The van der Waals surface area contributed by atoms with Crippen LogP contribution in [0.5, 0.6) is 0 Å². The number of carbonyl (C=O) groups excluding carboxylic acids is 1. The Bertz CT molecular complexity index is 1150. The molecule has 1 aromatic carbocycles. The number of hydrogen-bond donors (Lipinski definition) is 2. The highest BCUT2D eigenvalue weighted by atomic mass is 16.5. The van der Waals surface area contributed by atoms with Crippen LogP contribution in [0.25, 0.3) is 11.4 Å². The van der Waals surface area contributed by atoms with Crippen molar-refractivity contribution < 1.29 is 9.53 Å². The Balaban J connectivity index is 1.36. The van der Waals surface area contributed by atoms with Crippen molar-refractivity contribution in [3.05, 3.63) is 75.8 Å². The highest BCUT2D eigenvalue weighted by Crippen LogP contribution is 2.17. The van der Waals surface area contributed by atoms with Crippen LogP contribution in [0, 0.1) is 0 Å². The van der Waals surface area contributed by atoms with Crippen molar-refractivity contribution >= 4 is 11.7 Å². The fourth-order valence-electron chi connectivity index (χ4n) is 3.95. The minimum absolute atomic E-state index is 0.0348. The average molecular weight is 448 g/mol. The second-order valence-electron chi connectivity index (χ2n) is 8.39. The quantitative estimate of drug-likeness (QED) is 0.602. The summed E-state index contributed by atoms with van der Waals surface area (Å²) in [5, 5.41) is 3.28. The number of H-pyrrole nitrogens is 1. The molecule has 0 radical (unpaired) electrons. The van der Waals surface area contributed by atoms with E-state index < -0.39 is 0 Å². The van der Waals surface area contributed by atoms with Gasteiger partial charge in [-0.05, 0) is 50.1 Å². The first-order chi connectivity index (χ1) is 15.9. The number of ether oxygens (including phenoxy) is 1. The molecule has 8 heteroatoms. The maximum atomic E-state index is 12.8. The van der Waals surface area contributed by atoms with Crippen molar-refractivity contribution in [2.45, 2.75) is 45.9 Å². The largest absolute Gasteiger partial charge is 0.372 e. The normalized spacial score (nSPS) is 18.2. The summed E-state index contributed by atoms with van der Waals surface area (Å²) in [5.74, 6) is 1.26. The van der Waals surface area contributed by atoms with Crippen molar-refractivity contribution in [2.24, 2.45) is 0 Å². The van der Waals surface area contributed by atoms with Crippen molar-refractivity contribution in [3.8, 4) is 11.4 Å². The highest BCUT2D eigenvalue weighted by Gasteiger charge is 2.26. The van der Waals surface area contributed by atoms with E-state index >= 15 is 0 Å². The zero-order valence-corrected chi connectivity index (χ0v) is 19.2. The number of morpholine rings is 1. The number of amides is 1. The molecule has 1 aliphatic heterocycles. The number of nitrogens with zero attached hydrogens (tertiary/aromatic N) is 3. The molecular formula is C25H29N5O3. The van der Waals surface area contributed by atoms with Gasteiger partial charge in [0.25, 0.3) is 11.5 Å². The molecule has 0 saturated carbocycles. The Kier molecular flexibility index (Phi) is 6.84. The molecule has 2 N–H and O–H groups in total. The van der Waals surface area contributed by atoms with E-state index in [0.717, 1.165) is 16.8 Å². The van der Waals surface area contributed by atoms with Gasteiger partial charge in [0.15, 0.2) is 0 Å². The van der Waals surface area contributed by atoms with Crippen molar-refractivity contribution in [2.75, 3.05) is 18.4 Å². The number of anilines is 1. The molecule has 1 fully saturated rings. The molecule has 4 rings (SSSR count). The molecule has 0 aliphatic carbocycles. The van der Waals surface area contributed by atoms with Crippen LogP contribution in [-0.2, 0) is 17.7 Å². The van der Waals surface area contributed by atoms with E-state index in [9.17, 15) is 9.59 Å². The van der Waals surface area contributed by atoms with Gasteiger partial charge in [-0.3, -0.25) is 9.59 Å². The molecular weight excluding hydrogens is 418 g/mol. The monoisotopic (exact) mass is 447 g/mol. The Morgan fingerprint density at radius 1 is 1.15 bits per heavy atom. The molecule has 3 aromatic rings. The number of rotatable bonds is 6. The Morgan fingerprint density at radius 2 is 1.88 bits per heavy atom. The van der Waals surface area contributed by atoms with Crippen LogP contribution < -0.4 is 10.9 Å². The summed E-state index contributed by atoms with van der Waals surface area (Å²) in [4.78, 5) is 38.1. The first-order valence-electron chi connectivity index (χ1n) is 11.3. The lowest BCUT2D eigenvalue weighted by molar-refractivity contribution is -0.0586. The summed E-state index contributed by atoms with van der Waals surface area (Å²) in [5.41, 5.74) is 3.05. The van der Waals surface area contributed by atoms with Crippen molar-refractivity contribution in [1.82, 2.24) is 19.9 Å². The Morgan fingerprint density at radius 3 is 2.52 bits per heavy atom. The van der Waals surface area contributed by atoms with E-state index in [1.165, 1.54) is 6.07 Å². The topological polar surface area (TPSA) is 100 Å². The van der Waals surface area contributed by atoms with Crippen LogP contribution in [0.4, 0.5) is 5.82 Å². The number of pyridine rings is 1. The number of aryl methyl sites for hydroxylation is 1. The maximum absolute atomic E-state index is 12.8. The average Bonchev–Trinajstić information content (AvgIpc) is 2.82. The van der Waals surface area contributed by atoms with E-state index in [1.807, 2.05) is 62.1 Å². The van der Waals surface area contributed by atoms with Gasteiger partial charge in [-0.25, -0.2) is 9.97 Å². The second-order valence-corrected chi connectivity index (χ2v) is 8.39. The summed E-state index contributed by atoms with van der Waals surface area (Å²) >= 11 is 0.